The highest BCUT2D eigenvalue weighted by atomic mass is 32.1. The molecule has 0 spiro atoms. The van der Waals surface area contributed by atoms with Crippen molar-refractivity contribution in [2.45, 2.75) is 32.3 Å². The molecule has 0 fully saturated rings. The highest BCUT2D eigenvalue weighted by molar-refractivity contribution is 7.09. The first-order valence-corrected chi connectivity index (χ1v) is 6.55. The standard InChI is InChI=1S/C14H17NOS/c1-14(2,3)13-15-11(9-17-13)12(16)10-7-5-4-6-8-10/h4-9,12,16H,1-3H3. The molecule has 2 rings (SSSR count). The van der Waals surface area contributed by atoms with E-state index in [1.165, 1.54) is 0 Å². The first-order valence-electron chi connectivity index (χ1n) is 5.67. The maximum Gasteiger partial charge on any atom is 0.122 e. The number of aliphatic hydroxyl groups excluding tert-OH is 1. The number of rotatable bonds is 2. The van der Waals surface area contributed by atoms with Crippen molar-refractivity contribution in [2.75, 3.05) is 0 Å². The van der Waals surface area contributed by atoms with Gasteiger partial charge < -0.3 is 5.11 Å². The largest absolute Gasteiger partial charge is 0.382 e. The monoisotopic (exact) mass is 247 g/mol. The molecule has 2 aromatic rings. The first kappa shape index (κ1) is 12.3. The Hall–Kier alpha value is -1.19. The molecule has 0 saturated carbocycles. The molecule has 0 saturated heterocycles. The van der Waals surface area contributed by atoms with Crippen LogP contribution >= 0.6 is 11.3 Å². The molecular formula is C14H17NOS. The minimum Gasteiger partial charge on any atom is -0.382 e. The second-order valence-corrected chi connectivity index (χ2v) is 6.00. The van der Waals surface area contributed by atoms with Gasteiger partial charge in [-0.05, 0) is 5.56 Å². The van der Waals surface area contributed by atoms with E-state index in [0.29, 0.717) is 0 Å². The quantitative estimate of drug-likeness (QED) is 0.880. The fourth-order valence-electron chi connectivity index (χ4n) is 1.56. The number of hydrogen-bond donors (Lipinski definition) is 1. The van der Waals surface area contributed by atoms with E-state index < -0.39 is 6.10 Å². The van der Waals surface area contributed by atoms with Crippen LogP contribution in [0, 0.1) is 0 Å². The molecule has 0 radical (unpaired) electrons. The average molecular weight is 247 g/mol. The van der Waals surface area contributed by atoms with Crippen LogP contribution < -0.4 is 0 Å². The molecule has 1 aromatic heterocycles. The maximum atomic E-state index is 10.2. The van der Waals surface area contributed by atoms with Crippen LogP contribution in [0.2, 0.25) is 0 Å². The van der Waals surface area contributed by atoms with Gasteiger partial charge in [-0.3, -0.25) is 0 Å². The number of nitrogens with zero attached hydrogens (tertiary/aromatic N) is 1. The predicted octanol–water partition coefficient (Wildman–Crippen LogP) is 3.52. The average Bonchev–Trinajstić information content (AvgIpc) is 2.78. The van der Waals surface area contributed by atoms with Crippen LogP contribution in [-0.2, 0) is 5.41 Å². The van der Waals surface area contributed by atoms with E-state index >= 15 is 0 Å². The Kier molecular flexibility index (Phi) is 3.31. The molecule has 1 atom stereocenters. The van der Waals surface area contributed by atoms with Gasteiger partial charge in [0.15, 0.2) is 0 Å². The molecule has 2 nitrogen and oxygen atoms in total. The third kappa shape index (κ3) is 2.73. The molecule has 0 aliphatic carbocycles. The molecule has 0 aliphatic heterocycles. The summed E-state index contributed by atoms with van der Waals surface area (Å²) in [5.41, 5.74) is 1.67. The van der Waals surface area contributed by atoms with Gasteiger partial charge in [-0.25, -0.2) is 4.98 Å². The second kappa shape index (κ2) is 4.59. The van der Waals surface area contributed by atoms with Crippen LogP contribution in [0.25, 0.3) is 0 Å². The molecule has 0 amide bonds. The molecule has 17 heavy (non-hydrogen) atoms. The number of aromatic nitrogens is 1. The third-order valence-electron chi connectivity index (χ3n) is 2.56. The molecule has 3 heteroatoms. The number of aliphatic hydroxyl groups is 1. The summed E-state index contributed by atoms with van der Waals surface area (Å²) in [6.07, 6.45) is -0.622. The van der Waals surface area contributed by atoms with Crippen molar-refractivity contribution in [3.8, 4) is 0 Å². The first-order chi connectivity index (χ1) is 7.98. The van der Waals surface area contributed by atoms with E-state index in [1.807, 2.05) is 35.7 Å². The Morgan fingerprint density at radius 3 is 2.35 bits per heavy atom. The van der Waals surface area contributed by atoms with E-state index in [-0.39, 0.29) is 5.41 Å². The lowest BCUT2D eigenvalue weighted by atomic mass is 9.98. The summed E-state index contributed by atoms with van der Waals surface area (Å²) < 4.78 is 0. The fraction of sp³-hybridized carbons (Fsp3) is 0.357. The zero-order chi connectivity index (χ0) is 12.5. The summed E-state index contributed by atoms with van der Waals surface area (Å²) >= 11 is 1.61. The zero-order valence-electron chi connectivity index (χ0n) is 10.3. The van der Waals surface area contributed by atoms with Gasteiger partial charge in [-0.2, -0.15) is 0 Å². The number of benzene rings is 1. The van der Waals surface area contributed by atoms with Gasteiger partial charge in [0.2, 0.25) is 0 Å². The van der Waals surface area contributed by atoms with Crippen molar-refractivity contribution in [1.29, 1.82) is 0 Å². The molecule has 1 unspecified atom stereocenters. The Morgan fingerprint density at radius 2 is 1.82 bits per heavy atom. The van der Waals surface area contributed by atoms with Gasteiger partial charge in [-0.1, -0.05) is 51.1 Å². The summed E-state index contributed by atoms with van der Waals surface area (Å²) in [6, 6.07) is 9.63. The molecule has 1 heterocycles. The summed E-state index contributed by atoms with van der Waals surface area (Å²) in [5.74, 6) is 0. The summed E-state index contributed by atoms with van der Waals surface area (Å²) in [7, 11) is 0. The van der Waals surface area contributed by atoms with Crippen LogP contribution in [0.3, 0.4) is 0 Å². The van der Waals surface area contributed by atoms with Crippen LogP contribution in [0.4, 0.5) is 0 Å². The van der Waals surface area contributed by atoms with Gasteiger partial charge in [0.25, 0.3) is 0 Å². The normalized spacial score (nSPS) is 13.6. The number of thiazole rings is 1. The molecule has 90 valence electrons. The van der Waals surface area contributed by atoms with E-state index in [1.54, 1.807) is 11.3 Å². The third-order valence-corrected chi connectivity index (χ3v) is 3.85. The van der Waals surface area contributed by atoms with Crippen molar-refractivity contribution in [3.05, 3.63) is 52.0 Å². The van der Waals surface area contributed by atoms with Gasteiger partial charge in [0.1, 0.15) is 6.10 Å². The minimum absolute atomic E-state index is 0.0410. The molecule has 1 aromatic carbocycles. The van der Waals surface area contributed by atoms with E-state index in [0.717, 1.165) is 16.3 Å². The Bertz CT molecular complexity index is 484. The Balaban J connectivity index is 2.27. The highest BCUT2D eigenvalue weighted by Crippen LogP contribution is 2.29. The molecule has 1 N–H and O–H groups in total. The van der Waals surface area contributed by atoms with E-state index in [2.05, 4.69) is 25.8 Å². The van der Waals surface area contributed by atoms with E-state index in [4.69, 9.17) is 0 Å². The molecule has 0 aliphatic rings. The number of hydrogen-bond acceptors (Lipinski definition) is 3. The predicted molar refractivity (Wildman–Crippen MR) is 71.3 cm³/mol. The van der Waals surface area contributed by atoms with Crippen LogP contribution in [0.15, 0.2) is 35.7 Å². The van der Waals surface area contributed by atoms with E-state index in [9.17, 15) is 5.11 Å². The van der Waals surface area contributed by atoms with Crippen LogP contribution in [0.5, 0.6) is 0 Å². The highest BCUT2D eigenvalue weighted by Gasteiger charge is 2.21. The molecular weight excluding hydrogens is 230 g/mol. The Labute approximate surface area is 106 Å². The van der Waals surface area contributed by atoms with Crippen molar-refractivity contribution in [1.82, 2.24) is 4.98 Å². The van der Waals surface area contributed by atoms with Crippen molar-refractivity contribution in [3.63, 3.8) is 0 Å². The zero-order valence-corrected chi connectivity index (χ0v) is 11.2. The SMILES string of the molecule is CC(C)(C)c1nc(C(O)c2ccccc2)cs1. The molecule has 0 bridgehead atoms. The Morgan fingerprint density at radius 1 is 1.18 bits per heavy atom. The lowest BCUT2D eigenvalue weighted by Gasteiger charge is -2.14. The van der Waals surface area contributed by atoms with Gasteiger partial charge in [0.05, 0.1) is 10.7 Å². The lowest BCUT2D eigenvalue weighted by Crippen LogP contribution is -2.11. The van der Waals surface area contributed by atoms with Crippen LogP contribution in [-0.4, -0.2) is 10.1 Å². The van der Waals surface area contributed by atoms with Crippen LogP contribution in [0.1, 0.15) is 43.1 Å². The lowest BCUT2D eigenvalue weighted by molar-refractivity contribution is 0.215. The fourth-order valence-corrected chi connectivity index (χ4v) is 2.49. The summed E-state index contributed by atoms with van der Waals surface area (Å²) in [6.45, 7) is 6.39. The van der Waals surface area contributed by atoms with Gasteiger partial charge in [-0.15, -0.1) is 11.3 Å². The topological polar surface area (TPSA) is 33.1 Å². The van der Waals surface area contributed by atoms with Crippen molar-refractivity contribution in [2.24, 2.45) is 0 Å². The second-order valence-electron chi connectivity index (χ2n) is 5.14. The van der Waals surface area contributed by atoms with Gasteiger partial charge in [0, 0.05) is 10.8 Å². The smallest absolute Gasteiger partial charge is 0.122 e. The van der Waals surface area contributed by atoms with Crippen molar-refractivity contribution < 1.29 is 5.11 Å². The minimum atomic E-state index is -0.622. The summed E-state index contributed by atoms with van der Waals surface area (Å²) in [4.78, 5) is 4.53. The van der Waals surface area contributed by atoms with Gasteiger partial charge >= 0.3 is 0 Å². The maximum absolute atomic E-state index is 10.2. The summed E-state index contributed by atoms with van der Waals surface area (Å²) in [5, 5.41) is 13.2. The van der Waals surface area contributed by atoms with Crippen molar-refractivity contribution >= 4 is 11.3 Å².